The third-order valence-electron chi connectivity index (χ3n) is 6.64. The Morgan fingerprint density at radius 1 is 0.917 bits per heavy atom. The van der Waals surface area contributed by atoms with E-state index in [1.165, 1.54) is 37.3 Å². The second-order valence-electron chi connectivity index (χ2n) is 9.27. The maximum absolute atomic E-state index is 13.3. The molecule has 0 unspecified atom stereocenters. The monoisotopic (exact) mass is 506 g/mol. The maximum Gasteiger partial charge on any atom is 0.275 e. The number of piperidine rings is 1. The van der Waals surface area contributed by atoms with Crippen LogP contribution in [-0.2, 0) is 21.4 Å². The first-order valence-corrected chi connectivity index (χ1v) is 13.2. The van der Waals surface area contributed by atoms with E-state index in [1.807, 2.05) is 23.1 Å². The van der Waals surface area contributed by atoms with Crippen LogP contribution < -0.4 is 15.6 Å². The normalized spacial score (nSPS) is 18.8. The molecule has 0 spiro atoms. The molecule has 2 aliphatic rings. The van der Waals surface area contributed by atoms with E-state index < -0.39 is 15.6 Å². The number of hydrogen-bond donors (Lipinski definition) is 2. The van der Waals surface area contributed by atoms with Crippen LogP contribution in [0.25, 0.3) is 0 Å². The number of rotatable bonds is 5. The summed E-state index contributed by atoms with van der Waals surface area (Å²) in [6, 6.07) is 18.1. The molecule has 9 nitrogen and oxygen atoms in total. The minimum Gasteiger partial charge on any atom is -0.338 e. The fourth-order valence-corrected chi connectivity index (χ4v) is 6.13. The molecule has 2 aliphatic heterocycles. The van der Waals surface area contributed by atoms with E-state index in [1.54, 1.807) is 22.8 Å². The second-order valence-corrected chi connectivity index (χ2v) is 11.0. The Morgan fingerprint density at radius 2 is 1.64 bits per heavy atom. The minimum atomic E-state index is -4.01. The van der Waals surface area contributed by atoms with E-state index in [0.717, 1.165) is 12.1 Å². The Hall–Kier alpha value is -3.92. The third kappa shape index (κ3) is 4.64. The standard InChI is InChI=1S/C26H26N4O5S/c1-17(31)27-21-7-9-22(10-8-21)36(34,35)28-23-11-12-24-20-13-18(15-30(24)26(23)33)14-29(16-20)25(32)19-5-3-2-4-6-19/h2-12,18,20,28H,13-16H2,1H3,(H,27,31)/t18-,20+/m0/s1. The predicted molar refractivity (Wildman–Crippen MR) is 135 cm³/mol. The number of fused-ring (bicyclic) bond motifs is 4. The zero-order valence-electron chi connectivity index (χ0n) is 19.7. The van der Waals surface area contributed by atoms with Crippen LogP contribution in [0.1, 0.15) is 35.3 Å². The molecule has 2 amide bonds. The van der Waals surface area contributed by atoms with Crippen molar-refractivity contribution in [1.29, 1.82) is 0 Å². The van der Waals surface area contributed by atoms with E-state index in [9.17, 15) is 22.8 Å². The molecule has 1 saturated heterocycles. The summed E-state index contributed by atoms with van der Waals surface area (Å²) in [7, 11) is -4.01. The van der Waals surface area contributed by atoms with Crippen molar-refractivity contribution >= 4 is 33.2 Å². The number of anilines is 2. The third-order valence-corrected chi connectivity index (χ3v) is 8.02. The first-order chi connectivity index (χ1) is 17.2. The number of likely N-dealkylation sites (tertiary alicyclic amines) is 1. The Kier molecular flexibility index (Phi) is 6.13. The second kappa shape index (κ2) is 9.27. The minimum absolute atomic E-state index is 0.00448. The zero-order valence-corrected chi connectivity index (χ0v) is 20.5. The summed E-state index contributed by atoms with van der Waals surface area (Å²) in [5.41, 5.74) is 1.50. The Labute approximate surface area is 208 Å². The van der Waals surface area contributed by atoms with E-state index in [-0.39, 0.29) is 34.2 Å². The van der Waals surface area contributed by atoms with Crippen molar-refractivity contribution in [3.63, 3.8) is 0 Å². The lowest BCUT2D eigenvalue weighted by molar-refractivity contribution is -0.114. The Bertz CT molecular complexity index is 1480. The smallest absolute Gasteiger partial charge is 0.275 e. The first kappa shape index (κ1) is 23.8. The summed E-state index contributed by atoms with van der Waals surface area (Å²) in [5.74, 6) is -0.169. The highest BCUT2D eigenvalue weighted by Crippen LogP contribution is 2.36. The number of aromatic nitrogens is 1. The molecular formula is C26H26N4O5S. The molecular weight excluding hydrogens is 480 g/mol. The van der Waals surface area contributed by atoms with Crippen molar-refractivity contribution in [3.05, 3.63) is 88.3 Å². The number of hydrogen-bond acceptors (Lipinski definition) is 5. The van der Waals surface area contributed by atoms with Crippen LogP contribution >= 0.6 is 0 Å². The molecule has 2 aromatic carbocycles. The number of nitrogens with one attached hydrogen (secondary N) is 2. The zero-order chi connectivity index (χ0) is 25.4. The van der Waals surface area contributed by atoms with Crippen molar-refractivity contribution in [2.45, 2.75) is 30.7 Å². The van der Waals surface area contributed by atoms with Gasteiger partial charge in [-0.3, -0.25) is 19.1 Å². The van der Waals surface area contributed by atoms with Crippen molar-refractivity contribution < 1.29 is 18.0 Å². The molecule has 0 aliphatic carbocycles. The molecule has 5 rings (SSSR count). The number of benzene rings is 2. The summed E-state index contributed by atoms with van der Waals surface area (Å²) in [4.78, 5) is 39.3. The molecule has 2 N–H and O–H groups in total. The van der Waals surface area contributed by atoms with Gasteiger partial charge in [-0.1, -0.05) is 18.2 Å². The largest absolute Gasteiger partial charge is 0.338 e. The molecule has 186 valence electrons. The number of amides is 2. The van der Waals surface area contributed by atoms with Gasteiger partial charge < -0.3 is 14.8 Å². The van der Waals surface area contributed by atoms with E-state index in [0.29, 0.717) is 30.9 Å². The number of carbonyl (C=O) groups is 2. The topological polar surface area (TPSA) is 118 Å². The molecule has 1 aromatic heterocycles. The van der Waals surface area contributed by atoms with Crippen molar-refractivity contribution in [1.82, 2.24) is 9.47 Å². The van der Waals surface area contributed by atoms with E-state index in [2.05, 4.69) is 10.0 Å². The highest BCUT2D eigenvalue weighted by molar-refractivity contribution is 7.92. The summed E-state index contributed by atoms with van der Waals surface area (Å²) in [5, 5.41) is 2.58. The van der Waals surface area contributed by atoms with Gasteiger partial charge in [-0.2, -0.15) is 0 Å². The van der Waals surface area contributed by atoms with E-state index >= 15 is 0 Å². The molecule has 3 aromatic rings. The Morgan fingerprint density at radius 3 is 2.33 bits per heavy atom. The highest BCUT2D eigenvalue weighted by Gasteiger charge is 2.37. The summed E-state index contributed by atoms with van der Waals surface area (Å²) >= 11 is 0. The van der Waals surface area contributed by atoms with Crippen LogP contribution in [0.5, 0.6) is 0 Å². The fraction of sp³-hybridized carbons (Fsp3) is 0.269. The average Bonchev–Trinajstić information content (AvgIpc) is 2.86. The lowest BCUT2D eigenvalue weighted by Gasteiger charge is -2.43. The maximum atomic E-state index is 13.3. The van der Waals surface area contributed by atoms with Crippen LogP contribution in [0.2, 0.25) is 0 Å². The van der Waals surface area contributed by atoms with Gasteiger partial charge in [0.05, 0.1) is 4.90 Å². The van der Waals surface area contributed by atoms with Crippen LogP contribution in [-0.4, -0.2) is 42.8 Å². The first-order valence-electron chi connectivity index (χ1n) is 11.7. The Balaban J connectivity index is 1.36. The lowest BCUT2D eigenvalue weighted by Crippen LogP contribution is -2.49. The summed E-state index contributed by atoms with van der Waals surface area (Å²) < 4.78 is 29.9. The SMILES string of the molecule is CC(=O)Nc1ccc(S(=O)(=O)Nc2ccc3n(c2=O)C[C@H]2C[C@@H]3CN(C(=O)c3ccccc3)C2)cc1. The van der Waals surface area contributed by atoms with Crippen LogP contribution in [0.15, 0.2) is 76.4 Å². The molecule has 0 saturated carbocycles. The molecule has 3 heterocycles. The van der Waals surface area contributed by atoms with Gasteiger partial charge in [0.2, 0.25) is 5.91 Å². The fourth-order valence-electron chi connectivity index (χ4n) is 5.08. The molecule has 1 fully saturated rings. The molecule has 10 heteroatoms. The number of sulfonamides is 1. The van der Waals surface area contributed by atoms with Gasteiger partial charge in [0.15, 0.2) is 0 Å². The molecule has 2 bridgehead atoms. The quantitative estimate of drug-likeness (QED) is 0.552. The highest BCUT2D eigenvalue weighted by atomic mass is 32.2. The molecule has 0 radical (unpaired) electrons. The van der Waals surface area contributed by atoms with Crippen molar-refractivity contribution in [3.8, 4) is 0 Å². The van der Waals surface area contributed by atoms with Gasteiger partial charge >= 0.3 is 0 Å². The van der Waals surface area contributed by atoms with Crippen LogP contribution in [0, 0.1) is 5.92 Å². The number of pyridine rings is 1. The summed E-state index contributed by atoms with van der Waals surface area (Å²) in [6.07, 6.45) is 0.879. The van der Waals surface area contributed by atoms with Gasteiger partial charge in [0, 0.05) is 49.4 Å². The van der Waals surface area contributed by atoms with Gasteiger partial charge in [-0.25, -0.2) is 8.42 Å². The van der Waals surface area contributed by atoms with Crippen molar-refractivity contribution in [2.24, 2.45) is 5.92 Å². The molecule has 36 heavy (non-hydrogen) atoms. The van der Waals surface area contributed by atoms with E-state index in [4.69, 9.17) is 0 Å². The van der Waals surface area contributed by atoms with Gasteiger partial charge in [0.25, 0.3) is 21.5 Å². The molecule has 2 atom stereocenters. The average molecular weight is 507 g/mol. The van der Waals surface area contributed by atoms with Gasteiger partial charge in [-0.05, 0) is 60.9 Å². The summed E-state index contributed by atoms with van der Waals surface area (Å²) in [6.45, 7) is 2.84. The van der Waals surface area contributed by atoms with Crippen LogP contribution in [0.4, 0.5) is 11.4 Å². The predicted octanol–water partition coefficient (Wildman–Crippen LogP) is 2.87. The number of nitrogens with zero attached hydrogens (tertiary/aromatic N) is 2. The van der Waals surface area contributed by atoms with Gasteiger partial charge in [0.1, 0.15) is 5.69 Å². The number of carbonyl (C=O) groups excluding carboxylic acids is 2. The van der Waals surface area contributed by atoms with Crippen molar-refractivity contribution in [2.75, 3.05) is 23.1 Å². The van der Waals surface area contributed by atoms with Gasteiger partial charge in [-0.15, -0.1) is 0 Å². The van der Waals surface area contributed by atoms with Crippen LogP contribution in [0.3, 0.4) is 0 Å². The lowest BCUT2D eigenvalue weighted by atomic mass is 9.83.